The number of nitrogens with two attached hydrogens (primary N) is 1. The fraction of sp³-hybridized carbons (Fsp3) is 0.111. The molecular weight excluding hydrogens is 326 g/mol. The van der Waals surface area contributed by atoms with Crippen LogP contribution in [0.4, 0.5) is 26.0 Å². The summed E-state index contributed by atoms with van der Waals surface area (Å²) in [4.78, 5) is 7.98. The van der Waals surface area contributed by atoms with Gasteiger partial charge in [-0.25, -0.2) is 13.8 Å². The summed E-state index contributed by atoms with van der Waals surface area (Å²) in [5, 5.41) is 2.71. The van der Waals surface area contributed by atoms with Gasteiger partial charge in [-0.05, 0) is 36.2 Å². The minimum Gasteiger partial charge on any atom is -0.437 e. The van der Waals surface area contributed by atoms with Gasteiger partial charge in [-0.2, -0.15) is 4.98 Å². The van der Waals surface area contributed by atoms with E-state index in [1.165, 1.54) is 18.0 Å². The first kappa shape index (κ1) is 16.6. The van der Waals surface area contributed by atoms with Crippen LogP contribution in [0, 0.1) is 11.6 Å². The number of benzene rings is 2. The average Bonchev–Trinajstić information content (AvgIpc) is 2.61. The average molecular weight is 342 g/mol. The van der Waals surface area contributed by atoms with E-state index in [1.54, 1.807) is 0 Å². The summed E-state index contributed by atoms with van der Waals surface area (Å²) in [5.41, 5.74) is 7.35. The fourth-order valence-corrected chi connectivity index (χ4v) is 2.18. The maximum Gasteiger partial charge on any atom is 0.248 e. The molecule has 128 valence electrons. The van der Waals surface area contributed by atoms with Gasteiger partial charge in [0.1, 0.15) is 29.4 Å². The van der Waals surface area contributed by atoms with Crippen molar-refractivity contribution in [1.82, 2.24) is 9.97 Å². The Bertz CT molecular complexity index is 885. The fourth-order valence-electron chi connectivity index (χ4n) is 2.18. The van der Waals surface area contributed by atoms with Crippen LogP contribution < -0.4 is 15.8 Å². The van der Waals surface area contributed by atoms with Crippen LogP contribution in [-0.2, 0) is 6.42 Å². The predicted molar refractivity (Wildman–Crippen MR) is 92.0 cm³/mol. The first-order chi connectivity index (χ1) is 12.1. The maximum atomic E-state index is 13.8. The Balaban J connectivity index is 1.83. The lowest BCUT2D eigenvalue weighted by molar-refractivity contribution is 0.464. The third-order valence-electron chi connectivity index (χ3n) is 3.58. The number of anilines is 3. The Labute approximate surface area is 143 Å². The number of rotatable bonds is 5. The van der Waals surface area contributed by atoms with Crippen LogP contribution >= 0.6 is 0 Å². The maximum absolute atomic E-state index is 13.8. The van der Waals surface area contributed by atoms with E-state index in [2.05, 4.69) is 22.2 Å². The van der Waals surface area contributed by atoms with Crippen LogP contribution in [0.5, 0.6) is 11.6 Å². The summed E-state index contributed by atoms with van der Waals surface area (Å²) in [5.74, 6) is -0.541. The second-order valence-corrected chi connectivity index (χ2v) is 5.29. The zero-order valence-electron chi connectivity index (χ0n) is 13.5. The number of nitrogen functional groups attached to an aromatic ring is 1. The van der Waals surface area contributed by atoms with Crippen molar-refractivity contribution < 1.29 is 13.5 Å². The molecule has 0 aliphatic rings. The predicted octanol–water partition coefficient (Wildman–Crippen LogP) is 4.44. The lowest BCUT2D eigenvalue weighted by Crippen LogP contribution is -2.04. The second-order valence-electron chi connectivity index (χ2n) is 5.29. The van der Waals surface area contributed by atoms with Crippen LogP contribution in [0.1, 0.15) is 12.5 Å². The standard InChI is InChI=1S/C18H16F2N4O/c1-2-11-3-6-13(7-4-11)25-18-16(21)17(22-10-23-18)24-15-8-5-12(19)9-14(15)20/h3-10H,2,21H2,1H3,(H,22,23,24). The highest BCUT2D eigenvalue weighted by Crippen LogP contribution is 2.31. The van der Waals surface area contributed by atoms with Gasteiger partial charge in [-0.3, -0.25) is 0 Å². The summed E-state index contributed by atoms with van der Waals surface area (Å²) in [7, 11) is 0. The first-order valence-electron chi connectivity index (χ1n) is 7.66. The SMILES string of the molecule is CCc1ccc(Oc2ncnc(Nc3ccc(F)cc3F)c2N)cc1. The molecule has 1 heterocycles. The molecular formula is C18H16F2N4O. The number of aromatic nitrogens is 2. The topological polar surface area (TPSA) is 73.1 Å². The normalized spacial score (nSPS) is 10.5. The summed E-state index contributed by atoms with van der Waals surface area (Å²) < 4.78 is 32.4. The van der Waals surface area contributed by atoms with Gasteiger partial charge >= 0.3 is 0 Å². The van der Waals surface area contributed by atoms with Gasteiger partial charge < -0.3 is 15.8 Å². The van der Waals surface area contributed by atoms with Crippen molar-refractivity contribution in [3.05, 3.63) is 66.0 Å². The molecule has 0 spiro atoms. The molecule has 7 heteroatoms. The van der Waals surface area contributed by atoms with Crippen molar-refractivity contribution in [2.75, 3.05) is 11.1 Å². The number of hydrogen-bond acceptors (Lipinski definition) is 5. The largest absolute Gasteiger partial charge is 0.437 e. The Kier molecular flexibility index (Phi) is 4.74. The molecule has 0 atom stereocenters. The van der Waals surface area contributed by atoms with Crippen LogP contribution in [-0.4, -0.2) is 9.97 Å². The van der Waals surface area contributed by atoms with Crippen LogP contribution in [0.15, 0.2) is 48.8 Å². The number of halogens is 2. The number of ether oxygens (including phenoxy) is 1. The summed E-state index contributed by atoms with van der Waals surface area (Å²) >= 11 is 0. The van der Waals surface area contributed by atoms with Crippen molar-refractivity contribution in [1.29, 1.82) is 0 Å². The summed E-state index contributed by atoms with van der Waals surface area (Å²) in [6, 6.07) is 10.7. The molecule has 1 aromatic heterocycles. The number of nitrogens with zero attached hydrogens (tertiary/aromatic N) is 2. The lowest BCUT2D eigenvalue weighted by Gasteiger charge is -2.12. The van der Waals surface area contributed by atoms with Gasteiger partial charge in [0, 0.05) is 6.07 Å². The minimum absolute atomic E-state index is 0.0463. The number of hydrogen-bond donors (Lipinski definition) is 2. The molecule has 25 heavy (non-hydrogen) atoms. The van der Waals surface area contributed by atoms with Crippen molar-refractivity contribution >= 4 is 17.2 Å². The molecule has 0 fully saturated rings. The van der Waals surface area contributed by atoms with E-state index in [9.17, 15) is 8.78 Å². The van der Waals surface area contributed by atoms with E-state index >= 15 is 0 Å². The van der Waals surface area contributed by atoms with E-state index < -0.39 is 11.6 Å². The highest BCUT2D eigenvalue weighted by atomic mass is 19.1. The van der Waals surface area contributed by atoms with Gasteiger partial charge in [0.15, 0.2) is 5.82 Å². The van der Waals surface area contributed by atoms with Crippen molar-refractivity contribution in [2.24, 2.45) is 0 Å². The Morgan fingerprint density at radius 1 is 1.08 bits per heavy atom. The molecule has 3 N–H and O–H groups in total. The zero-order valence-corrected chi connectivity index (χ0v) is 13.5. The molecule has 2 aromatic carbocycles. The van der Waals surface area contributed by atoms with Crippen molar-refractivity contribution in [3.63, 3.8) is 0 Å². The van der Waals surface area contributed by atoms with Gasteiger partial charge in [-0.1, -0.05) is 19.1 Å². The molecule has 0 bridgehead atoms. The van der Waals surface area contributed by atoms with Crippen molar-refractivity contribution in [3.8, 4) is 11.6 Å². The summed E-state index contributed by atoms with van der Waals surface area (Å²) in [6.45, 7) is 2.06. The lowest BCUT2D eigenvalue weighted by atomic mass is 10.2. The van der Waals surface area contributed by atoms with Crippen LogP contribution in [0.3, 0.4) is 0 Å². The van der Waals surface area contributed by atoms with Crippen molar-refractivity contribution in [2.45, 2.75) is 13.3 Å². The molecule has 0 aliphatic heterocycles. The Morgan fingerprint density at radius 2 is 1.84 bits per heavy atom. The molecule has 0 amide bonds. The van der Waals surface area contributed by atoms with E-state index in [4.69, 9.17) is 10.5 Å². The molecule has 0 saturated carbocycles. The minimum atomic E-state index is -0.754. The second kappa shape index (κ2) is 7.12. The molecule has 0 radical (unpaired) electrons. The van der Waals surface area contributed by atoms with Crippen LogP contribution in [0.2, 0.25) is 0 Å². The van der Waals surface area contributed by atoms with E-state index in [0.29, 0.717) is 5.75 Å². The number of aryl methyl sites for hydroxylation is 1. The van der Waals surface area contributed by atoms with Gasteiger partial charge in [-0.15, -0.1) is 0 Å². The quantitative estimate of drug-likeness (QED) is 0.717. The third kappa shape index (κ3) is 3.82. The molecule has 0 unspecified atom stereocenters. The van der Waals surface area contributed by atoms with Gasteiger partial charge in [0.25, 0.3) is 0 Å². The first-order valence-corrected chi connectivity index (χ1v) is 7.66. The molecule has 3 rings (SSSR count). The van der Waals surface area contributed by atoms with Gasteiger partial charge in [0.2, 0.25) is 5.88 Å². The van der Waals surface area contributed by atoms with Gasteiger partial charge in [0.05, 0.1) is 5.69 Å². The van der Waals surface area contributed by atoms with E-state index in [1.807, 2.05) is 24.3 Å². The molecule has 0 saturated heterocycles. The highest BCUT2D eigenvalue weighted by Gasteiger charge is 2.12. The summed E-state index contributed by atoms with van der Waals surface area (Å²) in [6.07, 6.45) is 2.17. The third-order valence-corrected chi connectivity index (χ3v) is 3.58. The van der Waals surface area contributed by atoms with E-state index in [-0.39, 0.29) is 23.1 Å². The number of nitrogens with one attached hydrogen (secondary N) is 1. The van der Waals surface area contributed by atoms with E-state index in [0.717, 1.165) is 18.6 Å². The molecule has 5 nitrogen and oxygen atoms in total. The van der Waals surface area contributed by atoms with Crippen LogP contribution in [0.25, 0.3) is 0 Å². The Morgan fingerprint density at radius 3 is 2.52 bits per heavy atom. The monoisotopic (exact) mass is 342 g/mol. The smallest absolute Gasteiger partial charge is 0.248 e. The highest BCUT2D eigenvalue weighted by molar-refractivity contribution is 5.72. The molecule has 0 aliphatic carbocycles. The zero-order chi connectivity index (χ0) is 17.8. The molecule has 3 aromatic rings. The Hall–Kier alpha value is -3.22.